The Labute approximate surface area is 186 Å². The summed E-state index contributed by atoms with van der Waals surface area (Å²) in [4.78, 5) is 24.6. The second-order valence-corrected chi connectivity index (χ2v) is 9.05. The number of rotatable bonds is 7. The minimum absolute atomic E-state index is 0.0628. The first-order valence-electron chi connectivity index (χ1n) is 10.7. The van der Waals surface area contributed by atoms with Gasteiger partial charge >= 0.3 is 0 Å². The molecule has 0 aliphatic carbocycles. The third kappa shape index (κ3) is 4.98. The molecule has 1 fully saturated rings. The van der Waals surface area contributed by atoms with Crippen molar-refractivity contribution >= 4 is 29.3 Å². The van der Waals surface area contributed by atoms with Crippen molar-refractivity contribution in [1.82, 2.24) is 29.9 Å². The summed E-state index contributed by atoms with van der Waals surface area (Å²) in [5, 5.41) is 11.9. The molecule has 3 aromatic heterocycles. The highest BCUT2D eigenvalue weighted by atomic mass is 32.2. The zero-order chi connectivity index (χ0) is 21.8. The molecule has 3 aromatic rings. The van der Waals surface area contributed by atoms with Gasteiger partial charge in [-0.05, 0) is 63.3 Å². The molecule has 1 amide bonds. The Balaban J connectivity index is 1.50. The summed E-state index contributed by atoms with van der Waals surface area (Å²) >= 11 is 1.76. The molecule has 1 aliphatic rings. The number of carbonyl (C=O) groups excluding carboxylic acids is 1. The Morgan fingerprint density at radius 2 is 2.06 bits per heavy atom. The largest absolute Gasteiger partial charge is 0.346 e. The lowest BCUT2D eigenvalue weighted by molar-refractivity contribution is -0.126. The van der Waals surface area contributed by atoms with E-state index in [2.05, 4.69) is 36.6 Å². The Hall–Kier alpha value is -2.68. The van der Waals surface area contributed by atoms with E-state index in [0.717, 1.165) is 60.4 Å². The smallest absolute Gasteiger partial charge is 0.225 e. The van der Waals surface area contributed by atoms with Crippen molar-refractivity contribution in [2.24, 2.45) is 5.92 Å². The monoisotopic (exact) mass is 439 g/mol. The van der Waals surface area contributed by atoms with E-state index in [1.807, 2.05) is 48.7 Å². The number of piperidine rings is 1. The van der Waals surface area contributed by atoms with E-state index in [4.69, 9.17) is 0 Å². The summed E-state index contributed by atoms with van der Waals surface area (Å²) < 4.78 is 1.96. The molecule has 2 atom stereocenters. The first-order valence-corrected chi connectivity index (χ1v) is 12.1. The van der Waals surface area contributed by atoms with Crippen LogP contribution in [-0.2, 0) is 4.79 Å². The highest BCUT2D eigenvalue weighted by Gasteiger charge is 2.30. The van der Waals surface area contributed by atoms with Crippen molar-refractivity contribution in [1.29, 1.82) is 0 Å². The second kappa shape index (κ2) is 9.64. The van der Waals surface area contributed by atoms with Crippen LogP contribution in [0.25, 0.3) is 5.65 Å². The number of thioether (sulfide) groups is 1. The predicted molar refractivity (Wildman–Crippen MR) is 123 cm³/mol. The van der Waals surface area contributed by atoms with Crippen molar-refractivity contribution in [3.05, 3.63) is 47.7 Å². The molecule has 4 rings (SSSR count). The van der Waals surface area contributed by atoms with E-state index in [-0.39, 0.29) is 17.9 Å². The molecule has 1 N–H and O–H groups in total. The van der Waals surface area contributed by atoms with Gasteiger partial charge in [0.05, 0.1) is 12.0 Å². The molecule has 8 nitrogen and oxygen atoms in total. The minimum atomic E-state index is -0.176. The van der Waals surface area contributed by atoms with Crippen molar-refractivity contribution in [3.63, 3.8) is 0 Å². The summed E-state index contributed by atoms with van der Waals surface area (Å²) in [5.74, 6) is 2.39. The maximum absolute atomic E-state index is 13.3. The topological polar surface area (TPSA) is 88.3 Å². The summed E-state index contributed by atoms with van der Waals surface area (Å²) in [6.07, 6.45) is 6.63. The molecule has 4 heterocycles. The van der Waals surface area contributed by atoms with Crippen LogP contribution in [0.3, 0.4) is 0 Å². The lowest BCUT2D eigenvalue weighted by Gasteiger charge is -2.33. The Kier molecular flexibility index (Phi) is 6.70. The van der Waals surface area contributed by atoms with Crippen LogP contribution >= 0.6 is 11.8 Å². The zero-order valence-electron chi connectivity index (χ0n) is 18.3. The average molecular weight is 440 g/mol. The molecular formula is C22H29N7OS. The van der Waals surface area contributed by atoms with E-state index in [1.165, 1.54) is 0 Å². The third-order valence-electron chi connectivity index (χ3n) is 5.62. The molecule has 0 aromatic carbocycles. The first-order chi connectivity index (χ1) is 15.0. The van der Waals surface area contributed by atoms with Gasteiger partial charge < -0.3 is 10.2 Å². The van der Waals surface area contributed by atoms with Gasteiger partial charge in [0.2, 0.25) is 11.9 Å². The standard InChI is InChI=1S/C22H29N7OS/c1-15-13-16(2)24-22(23-15)28-10-6-7-17(14-28)21(30)25-18(9-12-31-3)20-27-26-19-8-4-5-11-29(19)20/h4-5,8,11,13,17-18H,6-7,9-10,12,14H2,1-3H3,(H,25,30)/t17-,18-/m0/s1. The van der Waals surface area contributed by atoms with Gasteiger partial charge in [-0.25, -0.2) is 9.97 Å². The zero-order valence-corrected chi connectivity index (χ0v) is 19.1. The van der Waals surface area contributed by atoms with Gasteiger partial charge in [-0.3, -0.25) is 9.20 Å². The molecule has 0 spiro atoms. The van der Waals surface area contributed by atoms with E-state index >= 15 is 0 Å². The molecule has 0 bridgehead atoms. The highest BCUT2D eigenvalue weighted by molar-refractivity contribution is 7.98. The fourth-order valence-electron chi connectivity index (χ4n) is 4.11. The van der Waals surface area contributed by atoms with Gasteiger partial charge in [0, 0.05) is 30.7 Å². The van der Waals surface area contributed by atoms with Crippen LogP contribution in [-0.4, -0.2) is 55.6 Å². The predicted octanol–water partition coefficient (Wildman–Crippen LogP) is 2.96. The Bertz CT molecular complexity index is 1030. The number of hydrogen-bond donors (Lipinski definition) is 1. The summed E-state index contributed by atoms with van der Waals surface area (Å²) in [5.41, 5.74) is 2.69. The number of hydrogen-bond acceptors (Lipinski definition) is 7. The number of nitrogens with one attached hydrogen (secondary N) is 1. The highest BCUT2D eigenvalue weighted by Crippen LogP contribution is 2.24. The van der Waals surface area contributed by atoms with Crippen LogP contribution in [0.15, 0.2) is 30.5 Å². The molecule has 164 valence electrons. The fraction of sp³-hybridized carbons (Fsp3) is 0.500. The molecular weight excluding hydrogens is 410 g/mol. The van der Waals surface area contributed by atoms with Gasteiger partial charge in [0.1, 0.15) is 0 Å². The number of anilines is 1. The quantitative estimate of drug-likeness (QED) is 0.605. The lowest BCUT2D eigenvalue weighted by Crippen LogP contribution is -2.45. The maximum atomic E-state index is 13.3. The number of carbonyl (C=O) groups is 1. The van der Waals surface area contributed by atoms with E-state index in [9.17, 15) is 4.79 Å². The molecule has 9 heteroatoms. The summed E-state index contributed by atoms with van der Waals surface area (Å²) in [6.45, 7) is 5.46. The normalized spacial score (nSPS) is 17.6. The van der Waals surface area contributed by atoms with Crippen LogP contribution in [0.4, 0.5) is 5.95 Å². The Morgan fingerprint density at radius 1 is 1.26 bits per heavy atom. The molecule has 0 radical (unpaired) electrons. The van der Waals surface area contributed by atoms with Crippen molar-refractivity contribution < 1.29 is 4.79 Å². The van der Waals surface area contributed by atoms with Crippen molar-refractivity contribution in [3.8, 4) is 0 Å². The van der Waals surface area contributed by atoms with Gasteiger partial charge in [-0.2, -0.15) is 11.8 Å². The average Bonchev–Trinajstić information content (AvgIpc) is 3.20. The van der Waals surface area contributed by atoms with Crippen LogP contribution < -0.4 is 10.2 Å². The second-order valence-electron chi connectivity index (χ2n) is 8.07. The number of nitrogens with zero attached hydrogens (tertiary/aromatic N) is 6. The molecule has 0 saturated carbocycles. The van der Waals surface area contributed by atoms with Crippen LogP contribution in [0.2, 0.25) is 0 Å². The molecule has 1 saturated heterocycles. The van der Waals surface area contributed by atoms with Crippen LogP contribution in [0.5, 0.6) is 0 Å². The minimum Gasteiger partial charge on any atom is -0.346 e. The number of fused-ring (bicyclic) bond motifs is 1. The molecule has 1 aliphatic heterocycles. The number of aromatic nitrogens is 5. The number of aryl methyl sites for hydroxylation is 2. The van der Waals surface area contributed by atoms with Gasteiger partial charge in [0.25, 0.3) is 0 Å². The van der Waals surface area contributed by atoms with Crippen LogP contribution in [0, 0.1) is 19.8 Å². The van der Waals surface area contributed by atoms with E-state index in [0.29, 0.717) is 6.54 Å². The van der Waals surface area contributed by atoms with Crippen LogP contribution in [0.1, 0.15) is 42.5 Å². The fourth-order valence-corrected chi connectivity index (χ4v) is 4.58. The number of pyridine rings is 1. The van der Waals surface area contributed by atoms with E-state index < -0.39 is 0 Å². The molecule has 0 unspecified atom stereocenters. The maximum Gasteiger partial charge on any atom is 0.225 e. The van der Waals surface area contributed by atoms with Crippen molar-refractivity contribution in [2.45, 2.75) is 39.2 Å². The van der Waals surface area contributed by atoms with Crippen molar-refractivity contribution in [2.75, 3.05) is 30.0 Å². The number of amides is 1. The Morgan fingerprint density at radius 3 is 2.84 bits per heavy atom. The lowest BCUT2D eigenvalue weighted by atomic mass is 9.96. The SMILES string of the molecule is CSCC[C@H](NC(=O)[C@H]1CCCN(c2nc(C)cc(C)n2)C1)c1nnc2ccccn12. The van der Waals surface area contributed by atoms with Gasteiger partial charge in [0.15, 0.2) is 11.5 Å². The van der Waals surface area contributed by atoms with E-state index in [1.54, 1.807) is 11.8 Å². The van der Waals surface area contributed by atoms with Gasteiger partial charge in [-0.15, -0.1) is 10.2 Å². The first kappa shape index (κ1) is 21.5. The summed E-state index contributed by atoms with van der Waals surface area (Å²) in [7, 11) is 0. The third-order valence-corrected chi connectivity index (χ3v) is 6.27. The summed E-state index contributed by atoms with van der Waals surface area (Å²) in [6, 6.07) is 7.61. The van der Waals surface area contributed by atoms with Gasteiger partial charge in [-0.1, -0.05) is 6.07 Å². The molecule has 31 heavy (non-hydrogen) atoms.